The van der Waals surface area contributed by atoms with E-state index in [4.69, 9.17) is 11.6 Å². The van der Waals surface area contributed by atoms with Crippen molar-refractivity contribution in [3.63, 3.8) is 0 Å². The molecule has 0 aliphatic heterocycles. The first kappa shape index (κ1) is 23.6. The van der Waals surface area contributed by atoms with Crippen LogP contribution in [0.25, 0.3) is 0 Å². The van der Waals surface area contributed by atoms with Crippen molar-refractivity contribution in [2.24, 2.45) is 7.05 Å². The summed E-state index contributed by atoms with van der Waals surface area (Å²) in [5.41, 5.74) is 3.58. The molecule has 9 heteroatoms. The van der Waals surface area contributed by atoms with Crippen molar-refractivity contribution in [2.45, 2.75) is 25.9 Å². The number of nitrogens with one attached hydrogen (secondary N) is 2. The molecule has 0 fully saturated rings. The van der Waals surface area contributed by atoms with Crippen LogP contribution < -0.4 is 16.2 Å². The first-order chi connectivity index (χ1) is 15.2. The molecule has 0 bridgehead atoms. The monoisotopic (exact) mass is 470 g/mol. The Bertz CT molecular complexity index is 1260. The second kappa shape index (κ2) is 10.0. The summed E-state index contributed by atoms with van der Waals surface area (Å²) in [6.07, 6.45) is 1.24. The molecular formula is C23H23ClN4O3S. The Kier molecular flexibility index (Phi) is 7.37. The highest BCUT2D eigenvalue weighted by atomic mass is 35.5. The third-order valence-electron chi connectivity index (χ3n) is 5.01. The zero-order chi connectivity index (χ0) is 23.4. The molecule has 0 atom stereocenters. The summed E-state index contributed by atoms with van der Waals surface area (Å²) in [5, 5.41) is 6.42. The molecule has 3 aromatic rings. The predicted octanol–water partition coefficient (Wildman–Crippen LogP) is 4.34. The summed E-state index contributed by atoms with van der Waals surface area (Å²) in [6, 6.07) is 10.8. The zero-order valence-corrected chi connectivity index (χ0v) is 19.7. The van der Waals surface area contributed by atoms with Gasteiger partial charge in [0.05, 0.1) is 5.75 Å². The van der Waals surface area contributed by atoms with Gasteiger partial charge in [0.2, 0.25) is 5.91 Å². The quantitative estimate of drug-likeness (QED) is 0.413. The van der Waals surface area contributed by atoms with Gasteiger partial charge in [-0.3, -0.25) is 19.0 Å². The molecule has 166 valence electrons. The lowest BCUT2D eigenvalue weighted by Crippen LogP contribution is -2.29. The number of hydrogen-bond donors (Lipinski definition) is 2. The van der Waals surface area contributed by atoms with Crippen LogP contribution in [-0.4, -0.2) is 27.1 Å². The fourth-order valence-electron chi connectivity index (χ4n) is 2.90. The van der Waals surface area contributed by atoms with E-state index in [2.05, 4.69) is 15.6 Å². The summed E-state index contributed by atoms with van der Waals surface area (Å²) in [6.45, 7) is 5.74. The van der Waals surface area contributed by atoms with Gasteiger partial charge in [0.25, 0.3) is 11.5 Å². The molecule has 0 spiro atoms. The summed E-state index contributed by atoms with van der Waals surface area (Å²) >= 11 is 7.18. The average Bonchev–Trinajstić information content (AvgIpc) is 2.75. The fraction of sp³-hybridized carbons (Fsp3) is 0.217. The number of aryl methyl sites for hydroxylation is 2. The van der Waals surface area contributed by atoms with Gasteiger partial charge in [0.1, 0.15) is 5.56 Å². The van der Waals surface area contributed by atoms with Crippen LogP contribution in [0, 0.1) is 20.8 Å². The average molecular weight is 471 g/mol. The van der Waals surface area contributed by atoms with Crippen molar-refractivity contribution in [1.29, 1.82) is 0 Å². The second-order valence-corrected chi connectivity index (χ2v) is 8.67. The minimum Gasteiger partial charge on any atom is -0.325 e. The third-order valence-corrected chi connectivity index (χ3v) is 6.46. The molecule has 0 unspecified atom stereocenters. The third kappa shape index (κ3) is 5.38. The molecule has 2 amide bonds. The highest BCUT2D eigenvalue weighted by Crippen LogP contribution is 2.23. The lowest BCUT2D eigenvalue weighted by atomic mass is 10.1. The number of amides is 2. The van der Waals surface area contributed by atoms with Crippen LogP contribution >= 0.6 is 23.4 Å². The van der Waals surface area contributed by atoms with Gasteiger partial charge in [-0.25, -0.2) is 4.98 Å². The van der Waals surface area contributed by atoms with Gasteiger partial charge in [0, 0.05) is 29.6 Å². The summed E-state index contributed by atoms with van der Waals surface area (Å²) in [4.78, 5) is 41.8. The van der Waals surface area contributed by atoms with E-state index in [1.807, 2.05) is 32.9 Å². The van der Waals surface area contributed by atoms with Crippen molar-refractivity contribution >= 4 is 46.6 Å². The lowest BCUT2D eigenvalue weighted by Gasteiger charge is -2.11. The van der Waals surface area contributed by atoms with Gasteiger partial charge < -0.3 is 10.6 Å². The van der Waals surface area contributed by atoms with Gasteiger partial charge in [-0.1, -0.05) is 35.5 Å². The molecule has 1 aromatic heterocycles. The fourth-order valence-corrected chi connectivity index (χ4v) is 3.81. The number of anilines is 2. The highest BCUT2D eigenvalue weighted by molar-refractivity contribution is 7.99. The topological polar surface area (TPSA) is 93.1 Å². The van der Waals surface area contributed by atoms with Crippen LogP contribution in [0.3, 0.4) is 0 Å². The molecule has 0 saturated heterocycles. The van der Waals surface area contributed by atoms with Crippen molar-refractivity contribution in [3.8, 4) is 0 Å². The Labute approximate surface area is 195 Å². The molecule has 1 heterocycles. The first-order valence-corrected chi connectivity index (χ1v) is 11.2. The Morgan fingerprint density at radius 2 is 1.84 bits per heavy atom. The van der Waals surface area contributed by atoms with E-state index in [9.17, 15) is 14.4 Å². The van der Waals surface area contributed by atoms with Crippen LogP contribution in [-0.2, 0) is 11.8 Å². The molecule has 0 saturated carbocycles. The van der Waals surface area contributed by atoms with Gasteiger partial charge >= 0.3 is 0 Å². The first-order valence-electron chi connectivity index (χ1n) is 9.79. The maximum absolute atomic E-state index is 12.7. The Morgan fingerprint density at radius 1 is 1.09 bits per heavy atom. The molecule has 2 aromatic carbocycles. The van der Waals surface area contributed by atoms with E-state index in [0.29, 0.717) is 21.6 Å². The SMILES string of the molecule is Cc1ccc(NC(=O)c2cnc(SCC(=O)Nc3cccc(Cl)c3C)n(C)c2=O)cc1C. The van der Waals surface area contributed by atoms with Crippen molar-refractivity contribution < 1.29 is 9.59 Å². The molecule has 0 radical (unpaired) electrons. The van der Waals surface area contributed by atoms with Gasteiger partial charge in [-0.2, -0.15) is 0 Å². The Hall–Kier alpha value is -3.10. The van der Waals surface area contributed by atoms with Crippen LogP contribution in [0.2, 0.25) is 5.02 Å². The van der Waals surface area contributed by atoms with E-state index in [0.717, 1.165) is 28.5 Å². The number of thioether (sulfide) groups is 1. The summed E-state index contributed by atoms with van der Waals surface area (Å²) in [7, 11) is 1.52. The normalized spacial score (nSPS) is 10.7. The number of carbonyl (C=O) groups excluding carboxylic acids is 2. The van der Waals surface area contributed by atoms with Crippen LogP contribution in [0.15, 0.2) is 52.5 Å². The van der Waals surface area contributed by atoms with Gasteiger partial charge in [-0.05, 0) is 61.7 Å². The van der Waals surface area contributed by atoms with E-state index < -0.39 is 11.5 Å². The maximum atomic E-state index is 12.7. The summed E-state index contributed by atoms with van der Waals surface area (Å²) in [5.74, 6) is -0.751. The molecule has 32 heavy (non-hydrogen) atoms. The van der Waals surface area contributed by atoms with Gasteiger partial charge in [0.15, 0.2) is 5.16 Å². The number of aromatic nitrogens is 2. The highest BCUT2D eigenvalue weighted by Gasteiger charge is 2.16. The minimum atomic E-state index is -0.535. The van der Waals surface area contributed by atoms with Crippen LogP contribution in [0.5, 0.6) is 0 Å². The van der Waals surface area contributed by atoms with Crippen LogP contribution in [0.1, 0.15) is 27.0 Å². The molecule has 0 aliphatic carbocycles. The smallest absolute Gasteiger partial charge is 0.266 e. The number of carbonyl (C=O) groups is 2. The Balaban J connectivity index is 1.68. The van der Waals surface area contributed by atoms with Gasteiger partial charge in [-0.15, -0.1) is 0 Å². The number of hydrogen-bond acceptors (Lipinski definition) is 5. The maximum Gasteiger partial charge on any atom is 0.266 e. The molecule has 7 nitrogen and oxygen atoms in total. The van der Waals surface area contributed by atoms with Crippen molar-refractivity contribution in [1.82, 2.24) is 9.55 Å². The van der Waals surface area contributed by atoms with E-state index in [-0.39, 0.29) is 17.2 Å². The number of halogens is 1. The predicted molar refractivity (Wildman–Crippen MR) is 129 cm³/mol. The number of rotatable bonds is 6. The second-order valence-electron chi connectivity index (χ2n) is 7.32. The Morgan fingerprint density at radius 3 is 2.56 bits per heavy atom. The molecule has 0 aliphatic rings. The molecular weight excluding hydrogens is 448 g/mol. The van der Waals surface area contributed by atoms with E-state index in [1.54, 1.807) is 24.3 Å². The van der Waals surface area contributed by atoms with Crippen LogP contribution in [0.4, 0.5) is 11.4 Å². The zero-order valence-electron chi connectivity index (χ0n) is 18.2. The van der Waals surface area contributed by atoms with Crippen molar-refractivity contribution in [2.75, 3.05) is 16.4 Å². The number of benzene rings is 2. The minimum absolute atomic E-state index is 0.0421. The standard InChI is InChI=1S/C23H23ClN4O3S/c1-13-8-9-16(10-14(13)2)26-21(30)17-11-25-23(28(4)22(17)31)32-12-20(29)27-19-7-5-6-18(24)15(19)3/h5-11H,12H2,1-4H3,(H,26,30)(H,27,29). The van der Waals surface area contributed by atoms with Crippen molar-refractivity contribution in [3.05, 3.63) is 80.2 Å². The number of nitrogens with zero attached hydrogens (tertiary/aromatic N) is 2. The lowest BCUT2D eigenvalue weighted by molar-refractivity contribution is -0.113. The van der Waals surface area contributed by atoms with E-state index >= 15 is 0 Å². The molecule has 2 N–H and O–H groups in total. The molecule has 3 rings (SSSR count). The largest absolute Gasteiger partial charge is 0.325 e. The summed E-state index contributed by atoms with van der Waals surface area (Å²) < 4.78 is 1.26. The van der Waals surface area contributed by atoms with E-state index in [1.165, 1.54) is 17.8 Å².